The third-order valence-corrected chi connectivity index (χ3v) is 5.48. The molecule has 6 heteroatoms. The number of hydrogen-bond acceptors (Lipinski definition) is 2. The van der Waals surface area contributed by atoms with Crippen molar-refractivity contribution >= 4 is 27.8 Å². The SMILES string of the molecule is CN=C(NCc1cccc(C(=O)NC)c1)NCC1(c2cccc(Br)c2)CC1. The zero-order valence-electron chi connectivity index (χ0n) is 15.7. The molecule has 3 N–H and O–H groups in total. The molecule has 27 heavy (non-hydrogen) atoms. The first-order valence-corrected chi connectivity index (χ1v) is 9.87. The van der Waals surface area contributed by atoms with Crippen molar-refractivity contribution in [1.29, 1.82) is 0 Å². The standard InChI is InChI=1S/C21H25BrN4O/c1-23-19(27)16-6-3-5-15(11-16)13-25-20(24-2)26-14-21(9-10-21)17-7-4-8-18(22)12-17/h3-8,11-12H,9-10,13-14H2,1-2H3,(H,23,27)(H2,24,25,26). The van der Waals surface area contributed by atoms with Crippen LogP contribution in [0.25, 0.3) is 0 Å². The molecule has 1 fully saturated rings. The maximum atomic E-state index is 11.8. The number of carbonyl (C=O) groups is 1. The molecule has 0 aliphatic heterocycles. The van der Waals surface area contributed by atoms with E-state index in [2.05, 4.69) is 61.1 Å². The van der Waals surface area contributed by atoms with Crippen LogP contribution in [0, 0.1) is 0 Å². The van der Waals surface area contributed by atoms with Crippen LogP contribution >= 0.6 is 15.9 Å². The van der Waals surface area contributed by atoms with E-state index in [0.29, 0.717) is 12.1 Å². The lowest BCUT2D eigenvalue weighted by atomic mass is 9.96. The lowest BCUT2D eigenvalue weighted by Gasteiger charge is -2.19. The average molecular weight is 429 g/mol. The van der Waals surface area contributed by atoms with Crippen molar-refractivity contribution in [1.82, 2.24) is 16.0 Å². The number of amides is 1. The second kappa shape index (κ2) is 8.57. The number of halogens is 1. The van der Waals surface area contributed by atoms with E-state index >= 15 is 0 Å². The number of rotatable bonds is 6. The predicted octanol–water partition coefficient (Wildman–Crippen LogP) is 3.21. The Morgan fingerprint density at radius 3 is 2.59 bits per heavy atom. The van der Waals surface area contributed by atoms with Gasteiger partial charge in [-0.1, -0.05) is 40.2 Å². The Morgan fingerprint density at radius 2 is 1.93 bits per heavy atom. The summed E-state index contributed by atoms with van der Waals surface area (Å²) in [4.78, 5) is 16.1. The van der Waals surface area contributed by atoms with Gasteiger partial charge >= 0.3 is 0 Å². The Morgan fingerprint density at radius 1 is 1.15 bits per heavy atom. The van der Waals surface area contributed by atoms with Crippen molar-refractivity contribution in [3.05, 3.63) is 69.7 Å². The van der Waals surface area contributed by atoms with E-state index in [1.54, 1.807) is 14.1 Å². The number of guanidine groups is 1. The first kappa shape index (κ1) is 19.4. The van der Waals surface area contributed by atoms with E-state index in [1.807, 2.05) is 24.3 Å². The van der Waals surface area contributed by atoms with Gasteiger partial charge in [0.25, 0.3) is 5.91 Å². The Balaban J connectivity index is 1.57. The van der Waals surface area contributed by atoms with Gasteiger partial charge in [0.2, 0.25) is 0 Å². The summed E-state index contributed by atoms with van der Waals surface area (Å²) < 4.78 is 1.12. The average Bonchev–Trinajstić information content (AvgIpc) is 3.49. The van der Waals surface area contributed by atoms with E-state index in [4.69, 9.17) is 0 Å². The zero-order valence-corrected chi connectivity index (χ0v) is 17.3. The van der Waals surface area contributed by atoms with Crippen LogP contribution in [0.5, 0.6) is 0 Å². The first-order chi connectivity index (χ1) is 13.1. The number of hydrogen-bond donors (Lipinski definition) is 3. The Kier molecular flexibility index (Phi) is 6.16. The molecule has 0 atom stereocenters. The van der Waals surface area contributed by atoms with Gasteiger partial charge in [0.15, 0.2) is 5.96 Å². The number of aliphatic imine (C=N–C) groups is 1. The smallest absolute Gasteiger partial charge is 0.251 e. The molecule has 0 bridgehead atoms. The molecule has 2 aromatic rings. The van der Waals surface area contributed by atoms with Crippen LogP contribution < -0.4 is 16.0 Å². The van der Waals surface area contributed by atoms with Crippen molar-refractivity contribution < 1.29 is 4.79 Å². The van der Waals surface area contributed by atoms with Crippen LogP contribution in [0.1, 0.15) is 34.3 Å². The molecule has 1 saturated carbocycles. The summed E-state index contributed by atoms with van der Waals surface area (Å²) >= 11 is 3.56. The summed E-state index contributed by atoms with van der Waals surface area (Å²) in [7, 11) is 3.41. The minimum absolute atomic E-state index is 0.0796. The van der Waals surface area contributed by atoms with Crippen LogP contribution in [-0.4, -0.2) is 32.5 Å². The van der Waals surface area contributed by atoms with Gasteiger partial charge in [-0.3, -0.25) is 9.79 Å². The molecule has 1 amide bonds. The van der Waals surface area contributed by atoms with E-state index in [0.717, 1.165) is 22.5 Å². The summed E-state index contributed by atoms with van der Waals surface area (Å²) in [5.74, 6) is 0.686. The van der Waals surface area contributed by atoms with Crippen molar-refractivity contribution in [2.45, 2.75) is 24.8 Å². The largest absolute Gasteiger partial charge is 0.356 e. The Hall–Kier alpha value is -2.34. The van der Waals surface area contributed by atoms with Crippen molar-refractivity contribution in [2.24, 2.45) is 4.99 Å². The summed E-state index contributed by atoms with van der Waals surface area (Å²) in [5.41, 5.74) is 3.25. The lowest BCUT2D eigenvalue weighted by Crippen LogP contribution is -2.40. The molecule has 2 aromatic carbocycles. The van der Waals surface area contributed by atoms with Gasteiger partial charge in [0.1, 0.15) is 0 Å². The minimum Gasteiger partial charge on any atom is -0.356 e. The van der Waals surface area contributed by atoms with Gasteiger partial charge in [0.05, 0.1) is 0 Å². The fraction of sp³-hybridized carbons (Fsp3) is 0.333. The molecule has 1 aliphatic carbocycles. The van der Waals surface area contributed by atoms with Crippen LogP contribution in [0.2, 0.25) is 0 Å². The molecule has 142 valence electrons. The third-order valence-electron chi connectivity index (χ3n) is 4.98. The molecule has 0 radical (unpaired) electrons. The zero-order chi connectivity index (χ0) is 19.3. The quantitative estimate of drug-likeness (QED) is 0.488. The summed E-state index contributed by atoms with van der Waals surface area (Å²) in [6, 6.07) is 16.1. The van der Waals surface area contributed by atoms with Gasteiger partial charge < -0.3 is 16.0 Å². The molecule has 0 unspecified atom stereocenters. The molecule has 5 nitrogen and oxygen atoms in total. The molecule has 1 aliphatic rings. The lowest BCUT2D eigenvalue weighted by molar-refractivity contribution is 0.0963. The van der Waals surface area contributed by atoms with Gasteiger partial charge in [-0.2, -0.15) is 0 Å². The van der Waals surface area contributed by atoms with E-state index in [9.17, 15) is 4.79 Å². The normalized spacial score (nSPS) is 15.1. The number of carbonyl (C=O) groups excluding carboxylic acids is 1. The first-order valence-electron chi connectivity index (χ1n) is 9.08. The van der Waals surface area contributed by atoms with Gasteiger partial charge in [0, 0.05) is 42.6 Å². The Labute approximate surface area is 168 Å². The van der Waals surface area contributed by atoms with E-state index in [1.165, 1.54) is 18.4 Å². The van der Waals surface area contributed by atoms with Crippen LogP contribution in [0.15, 0.2) is 58.0 Å². The third kappa shape index (κ3) is 4.89. The maximum absolute atomic E-state index is 11.8. The highest BCUT2D eigenvalue weighted by atomic mass is 79.9. The maximum Gasteiger partial charge on any atom is 0.251 e. The highest BCUT2D eigenvalue weighted by molar-refractivity contribution is 9.10. The molecule has 3 rings (SSSR count). The van der Waals surface area contributed by atoms with Gasteiger partial charge in [-0.25, -0.2) is 0 Å². The van der Waals surface area contributed by atoms with Gasteiger partial charge in [-0.15, -0.1) is 0 Å². The van der Waals surface area contributed by atoms with Crippen molar-refractivity contribution in [3.8, 4) is 0 Å². The van der Waals surface area contributed by atoms with E-state index < -0.39 is 0 Å². The molecular formula is C21H25BrN4O. The highest BCUT2D eigenvalue weighted by Crippen LogP contribution is 2.48. The summed E-state index contributed by atoms with van der Waals surface area (Å²) in [6.07, 6.45) is 2.36. The van der Waals surface area contributed by atoms with Crippen LogP contribution in [0.4, 0.5) is 0 Å². The molecule has 0 heterocycles. The molecule has 0 saturated heterocycles. The molecule has 0 spiro atoms. The second-order valence-electron chi connectivity index (χ2n) is 6.85. The Bertz CT molecular complexity index is 846. The van der Waals surface area contributed by atoms with Gasteiger partial charge in [-0.05, 0) is 48.2 Å². The monoisotopic (exact) mass is 428 g/mol. The number of nitrogens with zero attached hydrogens (tertiary/aromatic N) is 1. The van der Waals surface area contributed by atoms with Crippen LogP contribution in [-0.2, 0) is 12.0 Å². The predicted molar refractivity (Wildman–Crippen MR) is 113 cm³/mol. The van der Waals surface area contributed by atoms with E-state index in [-0.39, 0.29) is 11.3 Å². The number of nitrogens with one attached hydrogen (secondary N) is 3. The van der Waals surface area contributed by atoms with Crippen molar-refractivity contribution in [2.75, 3.05) is 20.6 Å². The van der Waals surface area contributed by atoms with Crippen molar-refractivity contribution in [3.63, 3.8) is 0 Å². The summed E-state index contributed by atoms with van der Waals surface area (Å²) in [5, 5.41) is 9.43. The molecular weight excluding hydrogens is 404 g/mol. The summed E-state index contributed by atoms with van der Waals surface area (Å²) in [6.45, 7) is 1.45. The topological polar surface area (TPSA) is 65.5 Å². The molecule has 0 aromatic heterocycles. The minimum atomic E-state index is -0.0796. The second-order valence-corrected chi connectivity index (χ2v) is 7.77. The fourth-order valence-corrected chi connectivity index (χ4v) is 3.56. The highest BCUT2D eigenvalue weighted by Gasteiger charge is 2.44. The van der Waals surface area contributed by atoms with Crippen LogP contribution in [0.3, 0.4) is 0 Å². The fourth-order valence-electron chi connectivity index (χ4n) is 3.16. The number of benzene rings is 2.